The quantitative estimate of drug-likeness (QED) is 0.716. The van der Waals surface area contributed by atoms with E-state index in [0.717, 1.165) is 18.4 Å². The van der Waals surface area contributed by atoms with Gasteiger partial charge >= 0.3 is 0 Å². The Morgan fingerprint density at radius 1 is 0.875 bits per heavy atom. The third-order valence-electron chi connectivity index (χ3n) is 2.94. The molecule has 0 atom stereocenters. The highest BCUT2D eigenvalue weighted by Crippen LogP contribution is 2.14. The molecule has 0 saturated carbocycles. The maximum atomic E-state index is 4.05. The van der Waals surface area contributed by atoms with Crippen molar-refractivity contribution in [1.82, 2.24) is 0 Å². The van der Waals surface area contributed by atoms with Gasteiger partial charge in [-0.1, -0.05) is 55.5 Å². The zero-order chi connectivity index (χ0) is 11.4. The predicted octanol–water partition coefficient (Wildman–Crippen LogP) is 4.02. The van der Waals surface area contributed by atoms with Crippen LogP contribution in [0.4, 0.5) is 0 Å². The summed E-state index contributed by atoms with van der Waals surface area (Å²) in [5.74, 6) is 0. The first-order chi connectivity index (χ1) is 7.79. The fraction of sp³-hybridized carbons (Fsp3) is 0.188. The Morgan fingerprint density at radius 3 is 2.12 bits per heavy atom. The molecular weight excluding hydrogens is 192 g/mol. The lowest BCUT2D eigenvalue weighted by Gasteiger charge is -2.06. The van der Waals surface area contributed by atoms with E-state index in [-0.39, 0.29) is 0 Å². The van der Waals surface area contributed by atoms with Gasteiger partial charge in [-0.05, 0) is 42.0 Å². The monoisotopic (exact) mass is 209 g/mol. The zero-order valence-corrected chi connectivity index (χ0v) is 9.74. The smallest absolute Gasteiger partial charge is 0.00230 e. The van der Waals surface area contributed by atoms with Crippen molar-refractivity contribution in [1.29, 1.82) is 0 Å². The van der Waals surface area contributed by atoms with Gasteiger partial charge < -0.3 is 0 Å². The minimum Gasteiger partial charge on any atom is -0.0620 e. The average Bonchev–Trinajstić information content (AvgIpc) is 2.33. The first kappa shape index (κ1) is 10.9. The number of aryl methyl sites for hydroxylation is 1. The second-order valence-corrected chi connectivity index (χ2v) is 4.12. The lowest BCUT2D eigenvalue weighted by atomic mass is 9.99. The van der Waals surface area contributed by atoms with Crippen molar-refractivity contribution in [3.63, 3.8) is 0 Å². The Bertz CT molecular complexity index is 452. The number of hydrogen-bond acceptors (Lipinski definition) is 0. The molecule has 0 nitrogen and oxygen atoms in total. The van der Waals surface area contributed by atoms with Gasteiger partial charge in [-0.2, -0.15) is 0 Å². The van der Waals surface area contributed by atoms with Crippen LogP contribution in [-0.4, -0.2) is 0 Å². The Labute approximate surface area is 97.9 Å². The van der Waals surface area contributed by atoms with Crippen molar-refractivity contribution < 1.29 is 0 Å². The molecule has 16 heavy (non-hydrogen) atoms. The van der Waals surface area contributed by atoms with Gasteiger partial charge in [0.15, 0.2) is 0 Å². The molecule has 0 spiro atoms. The zero-order valence-electron chi connectivity index (χ0n) is 9.74. The maximum absolute atomic E-state index is 4.05. The minimum atomic E-state index is 0.976. The van der Waals surface area contributed by atoms with Gasteiger partial charge in [-0.25, -0.2) is 0 Å². The summed E-state index contributed by atoms with van der Waals surface area (Å²) >= 11 is 0. The van der Waals surface area contributed by atoms with Crippen LogP contribution in [0, 0.1) is 6.92 Å². The highest BCUT2D eigenvalue weighted by Gasteiger charge is 1.99. The molecule has 0 aromatic heterocycles. The molecule has 0 aliphatic heterocycles. The highest BCUT2D eigenvalue weighted by atomic mass is 14.0. The minimum absolute atomic E-state index is 0.976. The topological polar surface area (TPSA) is 0 Å². The summed E-state index contributed by atoms with van der Waals surface area (Å²) in [6, 6.07) is 17.2. The summed E-state index contributed by atoms with van der Waals surface area (Å²) in [5.41, 5.74) is 5.19. The summed E-state index contributed by atoms with van der Waals surface area (Å²) in [4.78, 5) is 0. The molecule has 2 aromatic rings. The summed E-state index contributed by atoms with van der Waals surface area (Å²) in [5, 5.41) is 0. The Balaban J connectivity index is 2.18. The molecule has 0 N–H and O–H groups in total. The van der Waals surface area contributed by atoms with Crippen LogP contribution in [0.2, 0.25) is 0 Å². The van der Waals surface area contributed by atoms with Crippen LogP contribution >= 0.6 is 0 Å². The third kappa shape index (κ3) is 2.52. The van der Waals surface area contributed by atoms with Crippen LogP contribution in [0.3, 0.4) is 0 Å². The lowest BCUT2D eigenvalue weighted by Crippen LogP contribution is -1.91. The molecule has 0 unspecified atom stereocenters. The van der Waals surface area contributed by atoms with Gasteiger partial charge in [-0.3, -0.25) is 0 Å². The van der Waals surface area contributed by atoms with Crippen molar-refractivity contribution in [2.24, 2.45) is 0 Å². The third-order valence-corrected chi connectivity index (χ3v) is 2.94. The van der Waals surface area contributed by atoms with Crippen molar-refractivity contribution in [2.45, 2.75) is 19.8 Å². The SMILES string of the molecule is [CH2]c1ccccc1Cc1ccc(CC)cc1. The second-order valence-electron chi connectivity index (χ2n) is 4.12. The van der Waals surface area contributed by atoms with E-state index < -0.39 is 0 Å². The number of hydrogen-bond donors (Lipinski definition) is 0. The summed E-state index contributed by atoms with van der Waals surface area (Å²) in [7, 11) is 0. The van der Waals surface area contributed by atoms with E-state index in [1.54, 1.807) is 0 Å². The molecule has 1 radical (unpaired) electrons. The first-order valence-corrected chi connectivity index (χ1v) is 5.77. The van der Waals surface area contributed by atoms with Crippen LogP contribution < -0.4 is 0 Å². The van der Waals surface area contributed by atoms with Crippen molar-refractivity contribution >= 4 is 0 Å². The van der Waals surface area contributed by atoms with E-state index in [4.69, 9.17) is 0 Å². The van der Waals surface area contributed by atoms with E-state index in [2.05, 4.69) is 56.3 Å². The van der Waals surface area contributed by atoms with Gasteiger partial charge in [0.25, 0.3) is 0 Å². The predicted molar refractivity (Wildman–Crippen MR) is 69.5 cm³/mol. The van der Waals surface area contributed by atoms with E-state index in [1.165, 1.54) is 16.7 Å². The molecule has 0 saturated heterocycles. The first-order valence-electron chi connectivity index (χ1n) is 5.77. The summed E-state index contributed by atoms with van der Waals surface area (Å²) < 4.78 is 0. The standard InChI is InChI=1S/C16H17/c1-3-14-8-10-15(11-9-14)12-16-7-5-4-6-13(16)2/h4-11H,2-3,12H2,1H3. The average molecular weight is 209 g/mol. The van der Waals surface area contributed by atoms with Gasteiger partial charge in [0.05, 0.1) is 0 Å². The molecule has 0 aliphatic carbocycles. The van der Waals surface area contributed by atoms with Crippen LogP contribution in [0.15, 0.2) is 48.5 Å². The maximum Gasteiger partial charge on any atom is -0.00230 e. The van der Waals surface area contributed by atoms with Crippen LogP contribution in [0.25, 0.3) is 0 Å². The lowest BCUT2D eigenvalue weighted by molar-refractivity contribution is 1.12. The Morgan fingerprint density at radius 2 is 1.50 bits per heavy atom. The molecule has 81 valence electrons. The van der Waals surface area contributed by atoms with Gasteiger partial charge in [0, 0.05) is 0 Å². The normalized spacial score (nSPS) is 10.4. The molecule has 0 heterocycles. The summed E-state index contributed by atoms with van der Waals surface area (Å²) in [6.45, 7) is 6.23. The van der Waals surface area contributed by atoms with E-state index >= 15 is 0 Å². The Hall–Kier alpha value is -1.56. The van der Waals surface area contributed by atoms with Gasteiger partial charge in [0.2, 0.25) is 0 Å². The van der Waals surface area contributed by atoms with Crippen molar-refractivity contribution in [3.05, 3.63) is 77.7 Å². The molecule has 0 amide bonds. The fourth-order valence-corrected chi connectivity index (χ4v) is 1.84. The number of benzene rings is 2. The van der Waals surface area contributed by atoms with Crippen molar-refractivity contribution in [3.8, 4) is 0 Å². The molecule has 2 rings (SSSR count). The van der Waals surface area contributed by atoms with Gasteiger partial charge in [0.1, 0.15) is 0 Å². The highest BCUT2D eigenvalue weighted by molar-refractivity contribution is 5.35. The van der Waals surface area contributed by atoms with Crippen LogP contribution in [-0.2, 0) is 12.8 Å². The molecule has 0 bridgehead atoms. The molecule has 0 fully saturated rings. The summed E-state index contributed by atoms with van der Waals surface area (Å²) in [6.07, 6.45) is 2.08. The van der Waals surface area contributed by atoms with E-state index in [9.17, 15) is 0 Å². The molecular formula is C16H17. The molecule has 0 aliphatic rings. The van der Waals surface area contributed by atoms with Crippen molar-refractivity contribution in [2.75, 3.05) is 0 Å². The van der Waals surface area contributed by atoms with Crippen LogP contribution in [0.5, 0.6) is 0 Å². The molecule has 0 heteroatoms. The van der Waals surface area contributed by atoms with E-state index in [0.29, 0.717) is 0 Å². The molecule has 2 aromatic carbocycles. The largest absolute Gasteiger partial charge is 0.0620 e. The fourth-order valence-electron chi connectivity index (χ4n) is 1.84. The number of rotatable bonds is 3. The van der Waals surface area contributed by atoms with Gasteiger partial charge in [-0.15, -0.1) is 0 Å². The van der Waals surface area contributed by atoms with Crippen LogP contribution in [0.1, 0.15) is 29.2 Å². The Kier molecular flexibility index (Phi) is 3.40. The van der Waals surface area contributed by atoms with E-state index in [1.807, 2.05) is 6.07 Å². The second kappa shape index (κ2) is 4.98.